The summed E-state index contributed by atoms with van der Waals surface area (Å²) < 4.78 is 0. The topological polar surface area (TPSA) is 157 Å². The maximum atomic E-state index is 12.3. The van der Waals surface area contributed by atoms with Crippen LogP contribution in [-0.4, -0.2) is 58.9 Å². The smallest absolute Gasteiger partial charge is 0.411 e. The lowest BCUT2D eigenvalue weighted by Crippen LogP contribution is -2.68. The van der Waals surface area contributed by atoms with Crippen molar-refractivity contribution in [1.82, 2.24) is 21.3 Å². The van der Waals surface area contributed by atoms with Gasteiger partial charge in [-0.2, -0.15) is 0 Å². The van der Waals surface area contributed by atoms with Gasteiger partial charge in [-0.3, -0.25) is 15.4 Å². The third-order valence-corrected chi connectivity index (χ3v) is 7.49. The van der Waals surface area contributed by atoms with E-state index in [0.717, 1.165) is 17.4 Å². The Morgan fingerprint density at radius 2 is 1.43 bits per heavy atom. The summed E-state index contributed by atoms with van der Waals surface area (Å²) in [4.78, 5) is 47.7. The van der Waals surface area contributed by atoms with Gasteiger partial charge in [0.1, 0.15) is 11.9 Å². The van der Waals surface area contributed by atoms with Gasteiger partial charge in [0.25, 0.3) is 0 Å². The van der Waals surface area contributed by atoms with Crippen LogP contribution in [-0.2, 0) is 22.4 Å². The lowest BCUT2D eigenvalue weighted by molar-refractivity contribution is -0.123. The van der Waals surface area contributed by atoms with Crippen molar-refractivity contribution in [3.05, 3.63) is 71.8 Å². The molecule has 0 heterocycles. The Balaban J connectivity index is 2.37. The van der Waals surface area contributed by atoms with Crippen LogP contribution in [0.3, 0.4) is 0 Å². The molecule has 42 heavy (non-hydrogen) atoms. The van der Waals surface area contributed by atoms with Crippen LogP contribution in [0.5, 0.6) is 0 Å². The number of hydrogen-bond donors (Lipinski definition) is 6. The summed E-state index contributed by atoms with van der Waals surface area (Å²) in [6.07, 6.45) is 1.15. The Labute approximate surface area is 248 Å². The molecule has 0 fully saturated rings. The van der Waals surface area contributed by atoms with E-state index in [1.54, 1.807) is 0 Å². The monoisotopic (exact) mass is 582 g/mol. The Morgan fingerprint density at radius 3 is 1.93 bits per heavy atom. The van der Waals surface area contributed by atoms with Gasteiger partial charge < -0.3 is 25.6 Å². The molecule has 0 aromatic heterocycles. The molecule has 0 spiro atoms. The Hall–Kier alpha value is -3.76. The third-order valence-electron chi connectivity index (χ3n) is 7.49. The van der Waals surface area contributed by atoms with E-state index in [2.05, 4.69) is 16.0 Å². The molecule has 230 valence electrons. The van der Waals surface area contributed by atoms with Crippen molar-refractivity contribution in [2.24, 2.45) is 17.8 Å². The molecular formula is C32H46N4O6. The van der Waals surface area contributed by atoms with E-state index < -0.39 is 35.8 Å². The maximum absolute atomic E-state index is 12.3. The van der Waals surface area contributed by atoms with Crippen molar-refractivity contribution in [2.45, 2.75) is 77.5 Å². The van der Waals surface area contributed by atoms with Crippen molar-refractivity contribution >= 4 is 24.4 Å². The second-order valence-electron chi connectivity index (χ2n) is 11.5. The van der Waals surface area contributed by atoms with Crippen LogP contribution >= 0.6 is 0 Å². The van der Waals surface area contributed by atoms with E-state index in [9.17, 15) is 24.3 Å². The van der Waals surface area contributed by atoms with Crippen molar-refractivity contribution in [3.8, 4) is 0 Å². The van der Waals surface area contributed by atoms with Gasteiger partial charge in [-0.1, -0.05) is 94.8 Å². The van der Waals surface area contributed by atoms with Crippen LogP contribution < -0.4 is 21.3 Å². The summed E-state index contributed by atoms with van der Waals surface area (Å²) in [6, 6.07) is 18.2. The number of amides is 3. The molecule has 4 atom stereocenters. The zero-order chi connectivity index (χ0) is 31.1. The van der Waals surface area contributed by atoms with Gasteiger partial charge in [-0.05, 0) is 54.7 Å². The minimum absolute atomic E-state index is 0.0697. The summed E-state index contributed by atoms with van der Waals surface area (Å²) in [5.41, 5.74) is 0.814. The van der Waals surface area contributed by atoms with E-state index in [-0.39, 0.29) is 17.8 Å². The van der Waals surface area contributed by atoms with Gasteiger partial charge in [0.2, 0.25) is 5.91 Å². The number of carbonyl (C=O) groups excluding carboxylic acids is 2. The molecule has 0 radical (unpaired) electrons. The number of aldehydes is 1. The predicted molar refractivity (Wildman–Crippen MR) is 162 cm³/mol. The highest BCUT2D eigenvalue weighted by Gasteiger charge is 2.42. The molecule has 10 nitrogen and oxygen atoms in total. The number of carboxylic acid groups (broad SMARTS) is 2. The normalized spacial score (nSPS) is 14.9. The van der Waals surface area contributed by atoms with Crippen LogP contribution in [0, 0.1) is 17.8 Å². The lowest BCUT2D eigenvalue weighted by atomic mass is 9.78. The second kappa shape index (κ2) is 17.3. The molecule has 0 aliphatic carbocycles. The van der Waals surface area contributed by atoms with Crippen LogP contribution in [0.1, 0.15) is 58.1 Å². The molecule has 0 aliphatic rings. The highest BCUT2D eigenvalue weighted by molar-refractivity contribution is 5.94. The summed E-state index contributed by atoms with van der Waals surface area (Å²) >= 11 is 0. The minimum Gasteiger partial charge on any atom is -0.465 e. The van der Waals surface area contributed by atoms with E-state index >= 15 is 0 Å². The molecular weight excluding hydrogens is 536 g/mol. The number of unbranched alkanes of at least 4 members (excludes halogenated alkanes) is 1. The summed E-state index contributed by atoms with van der Waals surface area (Å²) in [7, 11) is 0. The van der Waals surface area contributed by atoms with Crippen LogP contribution in [0.4, 0.5) is 9.59 Å². The Morgan fingerprint density at radius 1 is 0.833 bits per heavy atom. The summed E-state index contributed by atoms with van der Waals surface area (Å²) in [6.45, 7) is 8.00. The number of carbonyl (C=O) groups is 4. The van der Waals surface area contributed by atoms with Crippen LogP contribution in [0.25, 0.3) is 0 Å². The van der Waals surface area contributed by atoms with E-state index in [4.69, 9.17) is 5.11 Å². The van der Waals surface area contributed by atoms with Gasteiger partial charge >= 0.3 is 12.2 Å². The quantitative estimate of drug-likeness (QED) is 0.0856. The van der Waals surface area contributed by atoms with Crippen LogP contribution in [0.2, 0.25) is 0 Å². The van der Waals surface area contributed by atoms with Gasteiger partial charge in [-0.25, -0.2) is 9.59 Å². The lowest BCUT2D eigenvalue weighted by Gasteiger charge is -2.44. The molecule has 0 aliphatic heterocycles. The first-order valence-corrected chi connectivity index (χ1v) is 14.6. The molecule has 0 saturated carbocycles. The third kappa shape index (κ3) is 11.3. The average Bonchev–Trinajstić information content (AvgIpc) is 2.92. The fraction of sp³-hybridized carbons (Fsp3) is 0.500. The van der Waals surface area contributed by atoms with Crippen molar-refractivity contribution < 1.29 is 29.4 Å². The Bertz CT molecular complexity index is 1130. The molecule has 0 bridgehead atoms. The second-order valence-corrected chi connectivity index (χ2v) is 11.5. The highest BCUT2D eigenvalue weighted by atomic mass is 16.4. The SMILES string of the molecule is CC(C)C(NCCCC[C@@H](Cc1ccccc1)C(Cc1ccccc1)(NC(=O)O)N[C@H](C=O)C(C)C)C(=O)NC(=O)O. The van der Waals surface area contributed by atoms with Gasteiger partial charge in [0, 0.05) is 6.42 Å². The predicted octanol–water partition coefficient (Wildman–Crippen LogP) is 4.44. The zero-order valence-corrected chi connectivity index (χ0v) is 25.0. The van der Waals surface area contributed by atoms with E-state index in [1.165, 1.54) is 0 Å². The fourth-order valence-electron chi connectivity index (χ4n) is 5.27. The van der Waals surface area contributed by atoms with Gasteiger partial charge in [-0.15, -0.1) is 0 Å². The fourth-order valence-corrected chi connectivity index (χ4v) is 5.27. The van der Waals surface area contributed by atoms with E-state index in [1.807, 2.05) is 93.7 Å². The summed E-state index contributed by atoms with van der Waals surface area (Å²) in [5, 5.41) is 30.3. The molecule has 2 aromatic carbocycles. The molecule has 10 heteroatoms. The van der Waals surface area contributed by atoms with Gasteiger partial charge in [0.05, 0.1) is 12.1 Å². The van der Waals surface area contributed by atoms with Crippen molar-refractivity contribution in [1.29, 1.82) is 0 Å². The molecule has 6 N–H and O–H groups in total. The summed E-state index contributed by atoms with van der Waals surface area (Å²) in [5.74, 6) is -1.02. The number of nitrogens with one attached hydrogen (secondary N) is 4. The first-order chi connectivity index (χ1) is 20.0. The molecule has 2 unspecified atom stereocenters. The first kappa shape index (κ1) is 34.4. The number of rotatable bonds is 18. The number of imide groups is 1. The first-order valence-electron chi connectivity index (χ1n) is 14.6. The molecule has 2 aromatic rings. The van der Waals surface area contributed by atoms with Crippen molar-refractivity contribution in [3.63, 3.8) is 0 Å². The number of hydrogen-bond acceptors (Lipinski definition) is 6. The molecule has 2 rings (SSSR count). The number of benzene rings is 2. The highest BCUT2D eigenvalue weighted by Crippen LogP contribution is 2.30. The molecule has 3 amide bonds. The van der Waals surface area contributed by atoms with E-state index in [0.29, 0.717) is 38.6 Å². The minimum atomic E-state index is -1.39. The Kier molecular flexibility index (Phi) is 14.1. The van der Waals surface area contributed by atoms with Crippen LogP contribution in [0.15, 0.2) is 60.7 Å². The maximum Gasteiger partial charge on any atom is 0.411 e. The van der Waals surface area contributed by atoms with Gasteiger partial charge in [0.15, 0.2) is 0 Å². The zero-order valence-electron chi connectivity index (χ0n) is 25.0. The molecule has 0 saturated heterocycles. The average molecular weight is 583 g/mol. The standard InChI is InChI=1S/C32H46N4O6/c1-22(2)27(21-37)35-32(36-31(41)42,20-25-15-9-6-10-16-25)26(19-24-13-7-5-8-14-24)17-11-12-18-33-28(23(3)4)29(38)34-30(39)40/h5-10,13-16,21-23,26-28,33,35-36H,11-12,17-20H2,1-4H3,(H,34,38)(H,39,40)(H,41,42)/t26-,27+,28?,32?/m0/s1. The largest absolute Gasteiger partial charge is 0.465 e. The van der Waals surface area contributed by atoms with Crippen molar-refractivity contribution in [2.75, 3.05) is 6.54 Å².